The maximum Gasteiger partial charge on any atom is 0.393 e. The minimum absolute atomic E-state index is 0. The molecule has 4 atom stereocenters. The number of carbonyl (C=O) groups is 1. The van der Waals surface area contributed by atoms with Gasteiger partial charge in [0.2, 0.25) is 0 Å². The molecule has 62 heavy (non-hydrogen) atoms. The third kappa shape index (κ3) is 14.3. The van der Waals surface area contributed by atoms with Crippen LogP contribution in [0.1, 0.15) is 64.2 Å². The number of fused-ring (bicyclic) bond motifs is 2. The molecule has 2 fully saturated rings. The molecule has 0 unspecified atom stereocenters. The van der Waals surface area contributed by atoms with Crippen molar-refractivity contribution in [3.63, 3.8) is 0 Å². The fourth-order valence-electron chi connectivity index (χ4n) is 7.51. The molecule has 3 N–H and O–H groups in total. The van der Waals surface area contributed by atoms with Crippen LogP contribution in [-0.2, 0) is 19.4 Å². The van der Waals surface area contributed by atoms with Gasteiger partial charge in [0.15, 0.2) is 0 Å². The van der Waals surface area contributed by atoms with Gasteiger partial charge in [-0.25, -0.2) is 19.9 Å². The lowest BCUT2D eigenvalue weighted by Gasteiger charge is -2.26. The van der Waals surface area contributed by atoms with Crippen LogP contribution in [0.4, 0.5) is 38.0 Å². The van der Waals surface area contributed by atoms with E-state index in [-0.39, 0.29) is 34.2 Å². The number of alkyl halides is 6. The second kappa shape index (κ2) is 22.3. The predicted octanol–water partition coefficient (Wildman–Crippen LogP) is 11.2. The highest BCUT2D eigenvalue weighted by Crippen LogP contribution is 2.37. The van der Waals surface area contributed by atoms with E-state index < -0.39 is 25.2 Å². The molecule has 20 heteroatoms. The zero-order valence-corrected chi connectivity index (χ0v) is 40.4. The van der Waals surface area contributed by atoms with E-state index in [2.05, 4.69) is 99.6 Å². The fourth-order valence-corrected chi connectivity index (χ4v) is 10.3. The minimum atomic E-state index is -4.22. The number of anilines is 2. The van der Waals surface area contributed by atoms with Crippen molar-refractivity contribution in [3.8, 4) is 0 Å². The van der Waals surface area contributed by atoms with Crippen molar-refractivity contribution in [2.45, 2.75) is 94.4 Å². The van der Waals surface area contributed by atoms with Gasteiger partial charge in [0.1, 0.15) is 40.2 Å². The van der Waals surface area contributed by atoms with E-state index in [0.29, 0.717) is 44.2 Å². The summed E-state index contributed by atoms with van der Waals surface area (Å²) in [6.45, 7) is 0.834. The lowest BCUT2D eigenvalue weighted by molar-refractivity contribution is -0.127. The Morgan fingerprint density at radius 1 is 0.726 bits per heavy atom. The van der Waals surface area contributed by atoms with Crippen molar-refractivity contribution < 1.29 is 31.1 Å². The smallest absolute Gasteiger partial charge is 0.356 e. The molecule has 4 heterocycles. The largest absolute Gasteiger partial charge is 0.393 e. The second-order valence-corrected chi connectivity index (χ2v) is 19.9. The Kier molecular flexibility index (Phi) is 18.0. The van der Waals surface area contributed by atoms with Crippen LogP contribution in [0.3, 0.4) is 0 Å². The molecule has 2 aliphatic carbocycles. The Labute approximate surface area is 397 Å². The molecule has 0 spiro atoms. The third-order valence-corrected chi connectivity index (χ3v) is 14.1. The van der Waals surface area contributed by atoms with Crippen LogP contribution in [0.2, 0.25) is 0 Å². The number of rotatable bonds is 10. The maximum absolute atomic E-state index is 12.8. The third-order valence-electron chi connectivity index (χ3n) is 10.6. The van der Waals surface area contributed by atoms with Crippen LogP contribution in [0, 0.1) is 7.14 Å². The summed E-state index contributed by atoms with van der Waals surface area (Å²) in [4.78, 5) is 33.0. The zero-order valence-electron chi connectivity index (χ0n) is 33.6. The van der Waals surface area contributed by atoms with Gasteiger partial charge in [-0.2, -0.15) is 26.3 Å². The van der Waals surface area contributed by atoms with E-state index in [1.54, 1.807) is 24.3 Å². The van der Waals surface area contributed by atoms with Gasteiger partial charge in [0, 0.05) is 67.3 Å². The highest BCUT2D eigenvalue weighted by atomic mass is 127. The van der Waals surface area contributed by atoms with E-state index in [9.17, 15) is 31.1 Å². The molecular weight excluding hydrogens is 1100 g/mol. The number of nitrogens with one attached hydrogen (secondary N) is 1. The standard InChI is InChI=1S/C21H22F3IN4S.C14H17F3N4S.C7H5IO.ClH/c1-29(16-7-6-15(8-16)26-11-13-2-4-14(25)5-3-13)19-18-9-17(10-21(22,23)24)30-20(18)28-12-27-19;1-21(9-3-2-8(18)4-9)12-11-5-10(6-14(15,16)17)22-13(11)20-7-19-12;8-7-3-1-6(5-9)2-4-7;/h2-5,9,12,15-16,26H,6-8,10-11H2,1H3;5,7-9H,2-4,6,18H2,1H3;1-5H;1H/t15-,16+;8-,9+;;/m00../s1. The SMILES string of the molecule is CN(c1ncnc2sc(CC(F)(F)F)cc12)[C@@H]1CC[C@H](N)C1.CN(c1ncnc2sc(CC(F)(F)F)cc12)[C@@H]1CC[C@H](NCc2ccc(I)cc2)C1.Cl.O=Cc1ccc(I)cc1. The van der Waals surface area contributed by atoms with Crippen LogP contribution in [0.15, 0.2) is 73.3 Å². The monoisotopic (exact) mass is 1140 g/mol. The maximum atomic E-state index is 12.8. The molecular formula is C42H45ClF6I2N8OS2. The van der Waals surface area contributed by atoms with E-state index in [4.69, 9.17) is 5.73 Å². The number of hydrogen-bond donors (Lipinski definition) is 2. The Morgan fingerprint density at radius 3 is 1.65 bits per heavy atom. The molecule has 2 aromatic carbocycles. The Balaban J connectivity index is 0.000000198. The van der Waals surface area contributed by atoms with Gasteiger partial charge >= 0.3 is 12.4 Å². The highest BCUT2D eigenvalue weighted by Gasteiger charge is 2.33. The number of hydrogen-bond acceptors (Lipinski definition) is 11. The van der Waals surface area contributed by atoms with Gasteiger partial charge in [0.25, 0.3) is 0 Å². The fraction of sp³-hybridized carbons (Fsp3) is 0.405. The molecule has 334 valence electrons. The Bertz CT molecular complexity index is 2370. The van der Waals surface area contributed by atoms with Crippen LogP contribution >= 0.6 is 80.3 Å². The van der Waals surface area contributed by atoms with Gasteiger partial charge in [-0.1, -0.05) is 24.3 Å². The first-order chi connectivity index (χ1) is 28.9. The molecule has 0 aliphatic heterocycles. The number of nitrogens with two attached hydrogens (primary N) is 1. The van der Waals surface area contributed by atoms with E-state index in [0.717, 1.165) is 83.2 Å². The molecule has 0 amide bonds. The summed E-state index contributed by atoms with van der Waals surface area (Å²) < 4.78 is 78.4. The van der Waals surface area contributed by atoms with E-state index in [1.165, 1.54) is 21.8 Å². The van der Waals surface area contributed by atoms with Crippen molar-refractivity contribution >= 4 is 119 Å². The average molecular weight is 1150 g/mol. The quantitative estimate of drug-likeness (QED) is 0.0786. The average Bonchev–Trinajstić information content (AvgIpc) is 4.03. The number of benzene rings is 2. The summed E-state index contributed by atoms with van der Waals surface area (Å²) in [5, 5.41) is 5.03. The molecule has 0 radical (unpaired) electrons. The highest BCUT2D eigenvalue weighted by molar-refractivity contribution is 14.1. The molecule has 0 saturated heterocycles. The van der Waals surface area contributed by atoms with Crippen molar-refractivity contribution in [3.05, 3.63) is 101 Å². The van der Waals surface area contributed by atoms with Crippen molar-refractivity contribution in [2.24, 2.45) is 5.73 Å². The molecule has 8 rings (SSSR count). The molecule has 6 aromatic rings. The molecule has 4 aromatic heterocycles. The summed E-state index contributed by atoms with van der Waals surface area (Å²) in [5.74, 6) is 1.40. The van der Waals surface area contributed by atoms with Gasteiger partial charge in [0.05, 0.1) is 23.6 Å². The number of thiophene rings is 2. The second-order valence-electron chi connectivity index (χ2n) is 15.1. The van der Waals surface area contributed by atoms with E-state index in [1.807, 2.05) is 31.1 Å². The lowest BCUT2D eigenvalue weighted by atomic mass is 10.1. The minimum Gasteiger partial charge on any atom is -0.356 e. The van der Waals surface area contributed by atoms with Crippen molar-refractivity contribution in [1.82, 2.24) is 25.3 Å². The van der Waals surface area contributed by atoms with Gasteiger partial charge < -0.3 is 20.9 Å². The van der Waals surface area contributed by atoms with Crippen molar-refractivity contribution in [2.75, 3.05) is 23.9 Å². The Morgan fingerprint density at radius 2 is 1.19 bits per heavy atom. The zero-order chi connectivity index (χ0) is 43.9. The summed E-state index contributed by atoms with van der Waals surface area (Å²) in [7, 11) is 3.90. The van der Waals surface area contributed by atoms with Crippen LogP contribution < -0.4 is 20.9 Å². The predicted molar refractivity (Wildman–Crippen MR) is 256 cm³/mol. The topological polar surface area (TPSA) is 113 Å². The Hall–Kier alpha value is -2.96. The lowest BCUT2D eigenvalue weighted by Crippen LogP contribution is -2.33. The van der Waals surface area contributed by atoms with Crippen LogP contribution in [0.5, 0.6) is 0 Å². The summed E-state index contributed by atoms with van der Waals surface area (Å²) >= 11 is 6.67. The number of aromatic nitrogens is 4. The van der Waals surface area contributed by atoms with Crippen molar-refractivity contribution in [1.29, 1.82) is 0 Å². The van der Waals surface area contributed by atoms with Gasteiger partial charge in [-0.15, -0.1) is 35.1 Å². The number of aldehydes is 1. The summed E-state index contributed by atoms with van der Waals surface area (Å²) in [5.41, 5.74) is 7.94. The summed E-state index contributed by atoms with van der Waals surface area (Å²) in [6, 6.07) is 20.2. The molecule has 2 aliphatic rings. The van der Waals surface area contributed by atoms with Crippen LogP contribution in [-0.4, -0.2) is 76.8 Å². The molecule has 9 nitrogen and oxygen atoms in total. The number of carbonyl (C=O) groups excluding carboxylic acids is 1. The first kappa shape index (κ1) is 50.0. The van der Waals surface area contributed by atoms with Crippen LogP contribution in [0.25, 0.3) is 20.4 Å². The van der Waals surface area contributed by atoms with E-state index >= 15 is 0 Å². The molecule has 2 saturated carbocycles. The summed E-state index contributed by atoms with van der Waals surface area (Å²) in [6.07, 6.45) is -0.696. The van der Waals surface area contributed by atoms with Gasteiger partial charge in [-0.3, -0.25) is 4.79 Å². The number of nitrogens with zero attached hydrogens (tertiary/aromatic N) is 6. The first-order valence-electron chi connectivity index (χ1n) is 19.4. The normalized spacial score (nSPS) is 18.7. The molecule has 0 bridgehead atoms. The number of halogens is 9. The van der Waals surface area contributed by atoms with Gasteiger partial charge in [-0.05, 0) is 126 Å². The first-order valence-corrected chi connectivity index (χ1v) is 23.2.